The number of nitrogens with one attached hydrogen (secondary N) is 2. The molecule has 0 aromatic carbocycles. The molecule has 0 bridgehead atoms. The summed E-state index contributed by atoms with van der Waals surface area (Å²) in [6, 6.07) is 2.62. The summed E-state index contributed by atoms with van der Waals surface area (Å²) >= 11 is 0. The van der Waals surface area contributed by atoms with Gasteiger partial charge in [0.15, 0.2) is 0 Å². The molecule has 3 aromatic rings. The van der Waals surface area contributed by atoms with E-state index in [4.69, 9.17) is 0 Å². The predicted molar refractivity (Wildman–Crippen MR) is 91.6 cm³/mol. The molecule has 0 saturated carbocycles. The molecule has 0 saturated heterocycles. The first-order valence-corrected chi connectivity index (χ1v) is 8.06. The molecule has 1 atom stereocenters. The van der Waals surface area contributed by atoms with Gasteiger partial charge in [0.1, 0.15) is 11.7 Å². The highest BCUT2D eigenvalue weighted by atomic mass is 19.4. The van der Waals surface area contributed by atoms with E-state index < -0.39 is 11.7 Å². The molecule has 1 unspecified atom stereocenters. The minimum Gasteiger partial charge on any atom is -0.394 e. The molecule has 140 valence electrons. The summed E-state index contributed by atoms with van der Waals surface area (Å²) in [6.07, 6.45) is -0.445. The first-order chi connectivity index (χ1) is 12.9. The third kappa shape index (κ3) is 3.68. The van der Waals surface area contributed by atoms with E-state index in [1.807, 2.05) is 13.0 Å². The number of halogens is 3. The van der Waals surface area contributed by atoms with Gasteiger partial charge < -0.3 is 15.4 Å². The summed E-state index contributed by atoms with van der Waals surface area (Å²) in [5.74, 6) is 0.166. The molecule has 3 aromatic heterocycles. The lowest BCUT2D eigenvalue weighted by atomic mass is 10.1. The van der Waals surface area contributed by atoms with Crippen LogP contribution in [0.1, 0.15) is 24.5 Å². The molecule has 0 amide bonds. The Morgan fingerprint density at radius 1 is 1.33 bits per heavy atom. The smallest absolute Gasteiger partial charge is 0.394 e. The Hall–Kier alpha value is -3.19. The average Bonchev–Trinajstić information content (AvgIpc) is 3.08. The maximum atomic E-state index is 13.0. The lowest BCUT2D eigenvalue weighted by Crippen LogP contribution is -2.24. The fourth-order valence-electron chi connectivity index (χ4n) is 2.55. The van der Waals surface area contributed by atoms with Crippen molar-refractivity contribution >= 4 is 17.0 Å². The number of H-pyrrole nitrogens is 1. The van der Waals surface area contributed by atoms with Crippen molar-refractivity contribution in [3.05, 3.63) is 35.8 Å². The van der Waals surface area contributed by atoms with Crippen molar-refractivity contribution in [1.29, 1.82) is 5.26 Å². The van der Waals surface area contributed by atoms with Gasteiger partial charge >= 0.3 is 6.18 Å². The van der Waals surface area contributed by atoms with Gasteiger partial charge in [0.25, 0.3) is 0 Å². The molecule has 7 nitrogen and oxygen atoms in total. The number of aromatic amines is 1. The predicted octanol–water partition coefficient (Wildman–Crippen LogP) is 3.09. The molecule has 3 N–H and O–H groups in total. The summed E-state index contributed by atoms with van der Waals surface area (Å²) in [5, 5.41) is 21.8. The summed E-state index contributed by atoms with van der Waals surface area (Å²) in [5.41, 5.74) is -0.0568. The Morgan fingerprint density at radius 3 is 2.74 bits per heavy atom. The van der Waals surface area contributed by atoms with Crippen molar-refractivity contribution in [3.63, 3.8) is 0 Å². The van der Waals surface area contributed by atoms with Crippen LogP contribution in [0, 0.1) is 11.3 Å². The van der Waals surface area contributed by atoms with Crippen LogP contribution in [-0.4, -0.2) is 37.7 Å². The van der Waals surface area contributed by atoms with E-state index in [9.17, 15) is 23.5 Å². The number of anilines is 1. The van der Waals surface area contributed by atoms with Crippen LogP contribution in [-0.2, 0) is 6.18 Å². The van der Waals surface area contributed by atoms with Crippen LogP contribution < -0.4 is 5.32 Å². The molecular formula is C17H15F3N6O. The topological polar surface area (TPSA) is 111 Å². The molecule has 3 rings (SSSR count). The Balaban J connectivity index is 2.13. The third-order valence-electron chi connectivity index (χ3n) is 4.07. The second-order valence-corrected chi connectivity index (χ2v) is 5.82. The number of aliphatic hydroxyl groups excluding tert-OH is 1. The van der Waals surface area contributed by atoms with Crippen molar-refractivity contribution in [2.24, 2.45) is 0 Å². The quantitative estimate of drug-likeness (QED) is 0.631. The van der Waals surface area contributed by atoms with Crippen LogP contribution in [0.3, 0.4) is 0 Å². The van der Waals surface area contributed by atoms with E-state index >= 15 is 0 Å². The third-order valence-corrected chi connectivity index (χ3v) is 4.07. The SMILES string of the molecule is CCC(CO)Nc1ncc(C#N)c(-c2c[nH]c3ncc(C(F)(F)F)cc23)n1. The number of alkyl halides is 3. The van der Waals surface area contributed by atoms with Crippen LogP contribution >= 0.6 is 0 Å². The lowest BCUT2D eigenvalue weighted by molar-refractivity contribution is -0.137. The van der Waals surface area contributed by atoms with Gasteiger partial charge in [-0.3, -0.25) is 0 Å². The second kappa shape index (κ2) is 7.20. The van der Waals surface area contributed by atoms with E-state index in [0.717, 1.165) is 12.3 Å². The molecule has 3 heterocycles. The van der Waals surface area contributed by atoms with Crippen LogP contribution in [0.4, 0.5) is 19.1 Å². The highest BCUT2D eigenvalue weighted by Gasteiger charge is 2.31. The molecule has 10 heteroatoms. The molecular weight excluding hydrogens is 361 g/mol. The normalized spacial score (nSPS) is 12.7. The fraction of sp³-hybridized carbons (Fsp3) is 0.294. The number of rotatable bonds is 5. The summed E-state index contributed by atoms with van der Waals surface area (Å²) in [4.78, 5) is 14.9. The van der Waals surface area contributed by atoms with E-state index in [1.165, 1.54) is 12.4 Å². The summed E-state index contributed by atoms with van der Waals surface area (Å²) in [6.45, 7) is 1.73. The molecule has 0 fully saturated rings. The van der Waals surface area contributed by atoms with E-state index in [2.05, 4.69) is 25.3 Å². The maximum absolute atomic E-state index is 13.0. The van der Waals surface area contributed by atoms with Gasteiger partial charge in [0.2, 0.25) is 5.95 Å². The highest BCUT2D eigenvalue weighted by molar-refractivity contribution is 5.94. The van der Waals surface area contributed by atoms with Crippen molar-refractivity contribution in [1.82, 2.24) is 19.9 Å². The minimum absolute atomic E-state index is 0.107. The average molecular weight is 376 g/mol. The van der Waals surface area contributed by atoms with Crippen molar-refractivity contribution in [2.75, 3.05) is 11.9 Å². The van der Waals surface area contributed by atoms with Crippen molar-refractivity contribution in [2.45, 2.75) is 25.6 Å². The molecule has 0 aliphatic rings. The number of fused-ring (bicyclic) bond motifs is 1. The van der Waals surface area contributed by atoms with E-state index in [0.29, 0.717) is 12.0 Å². The largest absolute Gasteiger partial charge is 0.417 e. The molecule has 0 aliphatic carbocycles. The Morgan fingerprint density at radius 2 is 2.11 bits per heavy atom. The standard InChI is InChI=1S/C17H15F3N6O/c1-2-11(8-27)25-16-24-5-9(4-21)14(26-16)13-7-23-15-12(13)3-10(6-22-15)17(18,19)20/h3,5-7,11,27H,2,8H2,1H3,(H,22,23)(H,24,25,26). The molecule has 0 spiro atoms. The lowest BCUT2D eigenvalue weighted by Gasteiger charge is -2.14. The van der Waals surface area contributed by atoms with Crippen molar-refractivity contribution < 1.29 is 18.3 Å². The molecule has 27 heavy (non-hydrogen) atoms. The summed E-state index contributed by atoms with van der Waals surface area (Å²) in [7, 11) is 0. The Bertz CT molecular complexity index is 1000. The maximum Gasteiger partial charge on any atom is 0.417 e. The molecule has 0 radical (unpaired) electrons. The number of pyridine rings is 1. The van der Waals surface area contributed by atoms with Gasteiger partial charge in [-0.1, -0.05) is 6.92 Å². The van der Waals surface area contributed by atoms with Crippen LogP contribution in [0.25, 0.3) is 22.3 Å². The molecule has 0 aliphatic heterocycles. The number of aliphatic hydroxyl groups is 1. The zero-order chi connectivity index (χ0) is 19.6. The van der Waals surface area contributed by atoms with Gasteiger partial charge in [0.05, 0.1) is 35.7 Å². The number of hydrogen-bond acceptors (Lipinski definition) is 6. The van der Waals surface area contributed by atoms with Gasteiger partial charge in [-0.05, 0) is 12.5 Å². The van der Waals surface area contributed by atoms with Gasteiger partial charge in [-0.25, -0.2) is 15.0 Å². The van der Waals surface area contributed by atoms with Gasteiger partial charge in [0, 0.05) is 23.3 Å². The fourth-order valence-corrected chi connectivity index (χ4v) is 2.55. The van der Waals surface area contributed by atoms with E-state index in [1.54, 1.807) is 0 Å². The first kappa shape index (κ1) is 18.6. The number of hydrogen-bond donors (Lipinski definition) is 3. The number of nitrogens with zero attached hydrogens (tertiary/aromatic N) is 4. The second-order valence-electron chi connectivity index (χ2n) is 5.82. The highest BCUT2D eigenvalue weighted by Crippen LogP contribution is 2.34. The van der Waals surface area contributed by atoms with Crippen LogP contribution in [0.15, 0.2) is 24.7 Å². The van der Waals surface area contributed by atoms with Crippen molar-refractivity contribution in [3.8, 4) is 17.3 Å². The monoisotopic (exact) mass is 376 g/mol. The number of nitriles is 1. The number of aromatic nitrogens is 4. The van der Waals surface area contributed by atoms with Crippen LogP contribution in [0.5, 0.6) is 0 Å². The Labute approximate surface area is 151 Å². The van der Waals surface area contributed by atoms with Crippen LogP contribution in [0.2, 0.25) is 0 Å². The Kier molecular flexibility index (Phi) is 4.96. The minimum atomic E-state index is -4.54. The van der Waals surface area contributed by atoms with E-state index in [-0.39, 0.29) is 40.9 Å². The zero-order valence-corrected chi connectivity index (χ0v) is 14.2. The first-order valence-electron chi connectivity index (χ1n) is 8.06. The van der Waals surface area contributed by atoms with Gasteiger partial charge in [-0.2, -0.15) is 18.4 Å². The summed E-state index contributed by atoms with van der Waals surface area (Å²) < 4.78 is 39.1. The van der Waals surface area contributed by atoms with Gasteiger partial charge in [-0.15, -0.1) is 0 Å². The zero-order valence-electron chi connectivity index (χ0n) is 14.2.